The van der Waals surface area contributed by atoms with Gasteiger partial charge < -0.3 is 5.32 Å². The molecule has 0 saturated carbocycles. The number of aryl methyl sites for hydroxylation is 1. The molecule has 3 aromatic rings. The van der Waals surface area contributed by atoms with Crippen molar-refractivity contribution in [3.8, 4) is 5.69 Å². The summed E-state index contributed by atoms with van der Waals surface area (Å²) in [7, 11) is -3.68. The van der Waals surface area contributed by atoms with Gasteiger partial charge in [-0.1, -0.05) is 13.8 Å². The van der Waals surface area contributed by atoms with Crippen molar-refractivity contribution < 1.29 is 17.6 Å². The van der Waals surface area contributed by atoms with Crippen LogP contribution in [0.1, 0.15) is 53.1 Å². The zero-order valence-electron chi connectivity index (χ0n) is 19.9. The third kappa shape index (κ3) is 4.25. The molecule has 180 valence electrons. The molecular formula is C25H29FN4O3S. The minimum Gasteiger partial charge on any atom is -0.320 e. The summed E-state index contributed by atoms with van der Waals surface area (Å²) in [5, 5.41) is 7.46. The molecule has 1 aliphatic rings. The average Bonchev–Trinajstić information content (AvgIpc) is 3.41. The first-order valence-corrected chi connectivity index (χ1v) is 12.9. The van der Waals surface area contributed by atoms with Crippen LogP contribution in [0.5, 0.6) is 0 Å². The maximum absolute atomic E-state index is 13.4. The number of anilines is 1. The Hall–Kier alpha value is -3.04. The highest BCUT2D eigenvalue weighted by atomic mass is 32.2. The Balaban J connectivity index is 1.71. The van der Waals surface area contributed by atoms with Crippen LogP contribution < -0.4 is 5.32 Å². The smallest absolute Gasteiger partial charge is 0.276 e. The lowest BCUT2D eigenvalue weighted by molar-refractivity contribution is 0.102. The van der Waals surface area contributed by atoms with Crippen LogP contribution in [0, 0.1) is 19.7 Å². The van der Waals surface area contributed by atoms with Crippen LogP contribution in [0.3, 0.4) is 0 Å². The quantitative estimate of drug-likeness (QED) is 0.539. The largest absolute Gasteiger partial charge is 0.320 e. The minimum absolute atomic E-state index is 0.150. The second kappa shape index (κ2) is 9.31. The van der Waals surface area contributed by atoms with Gasteiger partial charge in [-0.25, -0.2) is 17.5 Å². The summed E-state index contributed by atoms with van der Waals surface area (Å²) in [4.78, 5) is 13.5. The number of carbonyl (C=O) groups is 1. The van der Waals surface area contributed by atoms with E-state index in [9.17, 15) is 17.6 Å². The number of hydrogen-bond donors (Lipinski definition) is 1. The Morgan fingerprint density at radius 3 is 2.44 bits per heavy atom. The number of nitrogens with zero attached hydrogens (tertiary/aromatic N) is 3. The van der Waals surface area contributed by atoms with Crippen molar-refractivity contribution in [2.45, 2.75) is 51.9 Å². The van der Waals surface area contributed by atoms with Gasteiger partial charge in [-0.3, -0.25) is 4.79 Å². The fourth-order valence-corrected chi connectivity index (χ4v) is 5.99. The standard InChI is InChI=1S/C25H29FN4O3S/c1-5-29(6-2)34(32,33)20-14-16(3)17(4)22(15-20)27-25(31)24-21-8-7-9-23(21)30(28-24)19-12-10-18(26)11-13-19/h10-15H,5-9H2,1-4H3,(H,27,31). The van der Waals surface area contributed by atoms with Crippen LogP contribution in [0.25, 0.3) is 5.69 Å². The van der Waals surface area contributed by atoms with E-state index in [1.54, 1.807) is 36.7 Å². The number of aromatic nitrogens is 2. The van der Waals surface area contributed by atoms with Gasteiger partial charge in [-0.05, 0) is 80.6 Å². The molecule has 1 aromatic heterocycles. The molecule has 0 atom stereocenters. The number of carbonyl (C=O) groups excluding carboxylic acids is 1. The first kappa shape index (κ1) is 24.1. The van der Waals surface area contributed by atoms with Crippen molar-refractivity contribution >= 4 is 21.6 Å². The number of hydrogen-bond acceptors (Lipinski definition) is 4. The molecule has 1 aliphatic carbocycles. The molecule has 0 aliphatic heterocycles. The lowest BCUT2D eigenvalue weighted by Crippen LogP contribution is -2.30. The second-order valence-corrected chi connectivity index (χ2v) is 10.4. The van der Waals surface area contributed by atoms with E-state index in [-0.39, 0.29) is 16.6 Å². The summed E-state index contributed by atoms with van der Waals surface area (Å²) in [6, 6.07) is 9.16. The number of benzene rings is 2. The van der Waals surface area contributed by atoms with Gasteiger partial charge in [0.1, 0.15) is 5.82 Å². The Morgan fingerprint density at radius 1 is 1.12 bits per heavy atom. The van der Waals surface area contributed by atoms with E-state index in [1.165, 1.54) is 22.5 Å². The molecule has 1 N–H and O–H groups in total. The number of sulfonamides is 1. The molecule has 0 unspecified atom stereocenters. The van der Waals surface area contributed by atoms with E-state index in [0.29, 0.717) is 30.2 Å². The molecular weight excluding hydrogens is 455 g/mol. The fourth-order valence-electron chi connectivity index (χ4n) is 4.41. The van der Waals surface area contributed by atoms with Crippen molar-refractivity contribution in [2.24, 2.45) is 0 Å². The highest BCUT2D eigenvalue weighted by molar-refractivity contribution is 7.89. The topological polar surface area (TPSA) is 84.3 Å². The van der Waals surface area contributed by atoms with Crippen molar-refractivity contribution in [3.05, 3.63) is 70.3 Å². The first-order valence-electron chi connectivity index (χ1n) is 11.5. The van der Waals surface area contributed by atoms with Crippen molar-refractivity contribution in [1.29, 1.82) is 0 Å². The minimum atomic E-state index is -3.68. The van der Waals surface area contributed by atoms with E-state index in [1.807, 2.05) is 13.8 Å². The third-order valence-electron chi connectivity index (χ3n) is 6.45. The Labute approximate surface area is 199 Å². The fraction of sp³-hybridized carbons (Fsp3) is 0.360. The molecule has 1 amide bonds. The average molecular weight is 485 g/mol. The number of fused-ring (bicyclic) bond motifs is 1. The SMILES string of the molecule is CCN(CC)S(=O)(=O)c1cc(C)c(C)c(NC(=O)c2nn(-c3ccc(F)cc3)c3c2CCC3)c1. The van der Waals surface area contributed by atoms with Gasteiger partial charge in [0.15, 0.2) is 5.69 Å². The molecule has 4 rings (SSSR count). The summed E-state index contributed by atoms with van der Waals surface area (Å²) in [6.45, 7) is 7.99. The third-order valence-corrected chi connectivity index (χ3v) is 8.48. The van der Waals surface area contributed by atoms with Gasteiger partial charge in [0.05, 0.1) is 10.6 Å². The summed E-state index contributed by atoms with van der Waals surface area (Å²) in [5.41, 5.74) is 4.83. The van der Waals surface area contributed by atoms with Gasteiger partial charge in [-0.15, -0.1) is 0 Å². The maximum atomic E-state index is 13.4. The van der Waals surface area contributed by atoms with Gasteiger partial charge in [0.2, 0.25) is 10.0 Å². The maximum Gasteiger partial charge on any atom is 0.276 e. The van der Waals surface area contributed by atoms with Crippen LogP contribution in [0.2, 0.25) is 0 Å². The summed E-state index contributed by atoms with van der Waals surface area (Å²) < 4.78 is 42.6. The van der Waals surface area contributed by atoms with Crippen LogP contribution in [0.4, 0.5) is 10.1 Å². The van der Waals surface area contributed by atoms with Gasteiger partial charge in [0.25, 0.3) is 5.91 Å². The van der Waals surface area contributed by atoms with Crippen LogP contribution in [-0.4, -0.2) is 41.5 Å². The predicted molar refractivity (Wildman–Crippen MR) is 130 cm³/mol. The van der Waals surface area contributed by atoms with Crippen molar-refractivity contribution in [3.63, 3.8) is 0 Å². The lowest BCUT2D eigenvalue weighted by Gasteiger charge is -2.20. The second-order valence-electron chi connectivity index (χ2n) is 8.47. The highest BCUT2D eigenvalue weighted by Crippen LogP contribution is 2.30. The molecule has 0 spiro atoms. The van der Waals surface area contributed by atoms with Crippen molar-refractivity contribution in [1.82, 2.24) is 14.1 Å². The molecule has 0 radical (unpaired) electrons. The Kier molecular flexibility index (Phi) is 6.60. The highest BCUT2D eigenvalue weighted by Gasteiger charge is 2.28. The van der Waals surface area contributed by atoms with E-state index in [4.69, 9.17) is 0 Å². The summed E-state index contributed by atoms with van der Waals surface area (Å²) in [5.74, 6) is -0.727. The van der Waals surface area contributed by atoms with E-state index in [0.717, 1.165) is 41.6 Å². The molecule has 1 heterocycles. The summed E-state index contributed by atoms with van der Waals surface area (Å²) in [6.07, 6.45) is 2.42. The number of nitrogens with one attached hydrogen (secondary N) is 1. The van der Waals surface area contributed by atoms with Gasteiger partial charge >= 0.3 is 0 Å². The molecule has 0 fully saturated rings. The molecule has 0 bridgehead atoms. The molecule has 34 heavy (non-hydrogen) atoms. The molecule has 9 heteroatoms. The number of rotatable bonds is 7. The monoisotopic (exact) mass is 484 g/mol. The Morgan fingerprint density at radius 2 is 1.79 bits per heavy atom. The molecule has 2 aromatic carbocycles. The Bertz CT molecular complexity index is 1340. The van der Waals surface area contributed by atoms with Gasteiger partial charge in [-0.2, -0.15) is 9.40 Å². The van der Waals surface area contributed by atoms with E-state index in [2.05, 4.69) is 10.4 Å². The summed E-state index contributed by atoms with van der Waals surface area (Å²) >= 11 is 0. The van der Waals surface area contributed by atoms with Crippen LogP contribution >= 0.6 is 0 Å². The zero-order valence-corrected chi connectivity index (χ0v) is 20.7. The number of amides is 1. The van der Waals surface area contributed by atoms with Crippen LogP contribution in [-0.2, 0) is 22.9 Å². The molecule has 0 saturated heterocycles. The predicted octanol–water partition coefficient (Wildman–Crippen LogP) is 4.40. The van der Waals surface area contributed by atoms with Gasteiger partial charge in [0, 0.05) is 30.0 Å². The first-order chi connectivity index (χ1) is 16.2. The lowest BCUT2D eigenvalue weighted by atomic mass is 10.1. The van der Waals surface area contributed by atoms with E-state index >= 15 is 0 Å². The normalized spacial score (nSPS) is 13.4. The van der Waals surface area contributed by atoms with Crippen LogP contribution in [0.15, 0.2) is 41.3 Å². The zero-order chi connectivity index (χ0) is 24.6. The van der Waals surface area contributed by atoms with Crippen molar-refractivity contribution in [2.75, 3.05) is 18.4 Å². The number of halogens is 1. The molecule has 7 nitrogen and oxygen atoms in total. The van der Waals surface area contributed by atoms with E-state index < -0.39 is 10.0 Å².